The Hall–Kier alpha value is -1.27. The second kappa shape index (κ2) is 17.8. The molecule has 0 aliphatic carbocycles. The Labute approximate surface area is 146 Å². The van der Waals surface area contributed by atoms with E-state index in [2.05, 4.69) is 81.2 Å². The van der Waals surface area contributed by atoms with E-state index in [0.29, 0.717) is 0 Å². The Morgan fingerprint density at radius 2 is 1.09 bits per heavy atom. The Morgan fingerprint density at radius 1 is 0.773 bits per heavy atom. The van der Waals surface area contributed by atoms with Crippen LogP contribution in [0.3, 0.4) is 0 Å². The third-order valence-electron chi connectivity index (χ3n) is 2.52. The van der Waals surface area contributed by atoms with E-state index in [-0.39, 0.29) is 32.4 Å². The van der Waals surface area contributed by atoms with E-state index in [4.69, 9.17) is 9.59 Å². The minimum absolute atomic E-state index is 0. The van der Waals surface area contributed by atoms with Gasteiger partial charge >= 0.3 is 17.1 Å². The fourth-order valence-corrected chi connectivity index (χ4v) is 3.98. The van der Waals surface area contributed by atoms with Crippen molar-refractivity contribution in [3.05, 3.63) is 75.0 Å². The topological polar surface area (TPSA) is 34.1 Å². The van der Waals surface area contributed by atoms with Crippen LogP contribution in [-0.4, -0.2) is 19.7 Å². The maximum absolute atomic E-state index is 7.75. The van der Waals surface area contributed by atoms with E-state index < -0.39 is 0 Å². The second-order valence-electron chi connectivity index (χ2n) is 3.68. The number of benzene rings is 2. The van der Waals surface area contributed by atoms with Gasteiger partial charge in [0.25, 0.3) is 0 Å². The molecule has 0 unspecified atom stereocenters. The summed E-state index contributed by atoms with van der Waals surface area (Å²) in [7, 11) is -0.213. The normalized spacial score (nSPS) is 8.09. The van der Waals surface area contributed by atoms with Gasteiger partial charge in [0.2, 0.25) is 0 Å². The molecule has 0 spiro atoms. The number of hydrogen-bond acceptors (Lipinski definition) is 2. The van der Waals surface area contributed by atoms with Gasteiger partial charge in [0.1, 0.15) is 0 Å². The zero-order chi connectivity index (χ0) is 15.2. The summed E-state index contributed by atoms with van der Waals surface area (Å²) in [6.07, 6.45) is 2.17. The van der Waals surface area contributed by atoms with Gasteiger partial charge in [-0.1, -0.05) is 66.8 Å². The predicted octanol–water partition coefficient (Wildman–Crippen LogP) is 3.24. The van der Waals surface area contributed by atoms with Crippen LogP contribution in [0.4, 0.5) is 0 Å². The average molecular weight is 356 g/mol. The van der Waals surface area contributed by atoms with Crippen LogP contribution < -0.4 is 10.6 Å². The monoisotopic (exact) mass is 356 g/mol. The van der Waals surface area contributed by atoms with Crippen molar-refractivity contribution >= 4 is 32.1 Å². The molecule has 0 atom stereocenters. The van der Waals surface area contributed by atoms with Gasteiger partial charge in [-0.05, 0) is 18.5 Å². The smallest absolute Gasteiger partial charge is 0.545 e. The molecule has 118 valence electrons. The van der Waals surface area contributed by atoms with Crippen LogP contribution in [0.25, 0.3) is 0 Å². The van der Waals surface area contributed by atoms with Gasteiger partial charge in [0.15, 0.2) is 0 Å². The van der Waals surface area contributed by atoms with Crippen LogP contribution in [0.5, 0.6) is 0 Å². The first-order chi connectivity index (χ1) is 9.92. The van der Waals surface area contributed by atoms with Crippen LogP contribution in [0.1, 0.15) is 6.42 Å². The fraction of sp³-hybridized carbons (Fsp3) is 0.111. The van der Waals surface area contributed by atoms with Gasteiger partial charge in [-0.25, -0.2) is 0 Å². The third kappa shape index (κ3) is 8.89. The Balaban J connectivity index is -0.000000557. The molecule has 0 radical (unpaired) electrons. The Kier molecular flexibility index (Phi) is 20.7. The minimum Gasteiger partial charge on any atom is -0.545 e. The van der Waals surface area contributed by atoms with E-state index in [1.54, 1.807) is 0 Å². The number of hydrogen-bond donors (Lipinski definition) is 0. The molecule has 2 nitrogen and oxygen atoms in total. The fourth-order valence-electron chi connectivity index (χ4n) is 1.78. The number of carbonyl (C=O) groups excluding carboxylic acids is 2. The van der Waals surface area contributed by atoms with Crippen molar-refractivity contribution in [1.82, 2.24) is 0 Å². The molecule has 4 heteroatoms. The van der Waals surface area contributed by atoms with Crippen molar-refractivity contribution in [1.29, 1.82) is 0 Å². The van der Waals surface area contributed by atoms with Gasteiger partial charge in [0.05, 0.1) is 0 Å². The first-order valence-corrected chi connectivity index (χ1v) is 7.58. The average Bonchev–Trinajstić information content (AvgIpc) is 2.58. The van der Waals surface area contributed by atoms with E-state index in [1.165, 1.54) is 16.8 Å². The molecule has 0 saturated heterocycles. The standard InChI is InChI=1S/C15H16P.2CHO.CH3.Fe/c1-2-13-16(14-9-5-3-6-10-14)15-11-7-4-8-12-15;2*1-2;;/h3-12H,1-2,13H2;2*1H;1H3;/q4*-1;+4. The zero-order valence-corrected chi connectivity index (χ0v) is 14.7. The van der Waals surface area contributed by atoms with Gasteiger partial charge in [0, 0.05) is 0 Å². The molecule has 0 saturated carbocycles. The van der Waals surface area contributed by atoms with Gasteiger partial charge in [-0.15, -0.1) is 0 Å². The Morgan fingerprint density at radius 3 is 1.36 bits per heavy atom. The summed E-state index contributed by atoms with van der Waals surface area (Å²) in [5.41, 5.74) is 0. The summed E-state index contributed by atoms with van der Waals surface area (Å²) in [6.45, 7) is 10.5. The van der Waals surface area contributed by atoms with Crippen molar-refractivity contribution in [2.75, 3.05) is 6.16 Å². The molecule has 0 amide bonds. The summed E-state index contributed by atoms with van der Waals surface area (Å²) in [5, 5.41) is 2.90. The quantitative estimate of drug-likeness (QED) is 0.365. The first kappa shape index (κ1) is 25.7. The van der Waals surface area contributed by atoms with Crippen molar-refractivity contribution < 1.29 is 26.7 Å². The van der Waals surface area contributed by atoms with E-state index in [0.717, 1.165) is 6.42 Å². The zero-order valence-electron chi connectivity index (χ0n) is 12.7. The van der Waals surface area contributed by atoms with Gasteiger partial charge < -0.3 is 23.9 Å². The summed E-state index contributed by atoms with van der Waals surface area (Å²) in [4.78, 5) is 15.5. The van der Waals surface area contributed by atoms with Crippen molar-refractivity contribution in [3.8, 4) is 0 Å². The van der Waals surface area contributed by atoms with Crippen LogP contribution in [0.15, 0.2) is 60.7 Å². The summed E-state index contributed by atoms with van der Waals surface area (Å²) in [6, 6.07) is 21.6. The molecular weight excluding hydrogens is 335 g/mol. The van der Waals surface area contributed by atoms with Crippen LogP contribution >= 0.6 is 7.92 Å². The molecule has 2 aromatic rings. The van der Waals surface area contributed by atoms with E-state index in [1.807, 2.05) is 0 Å². The largest absolute Gasteiger partial charge is 4.00 e. The minimum atomic E-state index is -0.213. The molecule has 2 aromatic carbocycles. The predicted molar refractivity (Wildman–Crippen MR) is 93.8 cm³/mol. The molecule has 0 aromatic heterocycles. The van der Waals surface area contributed by atoms with Crippen molar-refractivity contribution in [2.45, 2.75) is 6.42 Å². The molecule has 0 aliphatic rings. The van der Waals surface area contributed by atoms with Gasteiger partial charge in [-0.2, -0.15) is 6.42 Å². The molecule has 0 N–H and O–H groups in total. The van der Waals surface area contributed by atoms with Crippen LogP contribution in [0.2, 0.25) is 0 Å². The van der Waals surface area contributed by atoms with E-state index >= 15 is 0 Å². The summed E-state index contributed by atoms with van der Waals surface area (Å²) >= 11 is 0. The molecule has 0 bridgehead atoms. The third-order valence-corrected chi connectivity index (χ3v) is 5.12. The summed E-state index contributed by atoms with van der Waals surface area (Å²) in [5.74, 6) is 0. The van der Waals surface area contributed by atoms with Crippen molar-refractivity contribution in [3.63, 3.8) is 0 Å². The van der Waals surface area contributed by atoms with Crippen LogP contribution in [0, 0.1) is 14.4 Å². The van der Waals surface area contributed by atoms with Crippen molar-refractivity contribution in [2.24, 2.45) is 0 Å². The van der Waals surface area contributed by atoms with Gasteiger partial charge in [-0.3, -0.25) is 13.6 Å². The molecule has 0 heterocycles. The molecule has 2 rings (SSSR count). The molecule has 0 aliphatic heterocycles. The maximum Gasteiger partial charge on any atom is 4.00 e. The molecular formula is C18H21FeO2P. The maximum atomic E-state index is 7.75. The molecule has 22 heavy (non-hydrogen) atoms. The first-order valence-electron chi connectivity index (χ1n) is 6.06. The molecule has 0 fully saturated rings. The van der Waals surface area contributed by atoms with Crippen LogP contribution in [-0.2, 0) is 26.7 Å². The SMILES string of the molecule is [CH-]=O.[CH-]=O.[CH2-]CCP(c1ccccc1)c1ccccc1.[CH3-].[Fe+4]. The summed E-state index contributed by atoms with van der Waals surface area (Å²) < 4.78 is 0. The second-order valence-corrected chi connectivity index (χ2v) is 6.01. The number of rotatable bonds is 4. The Bertz CT molecular complexity index is 410. The van der Waals surface area contributed by atoms with E-state index in [9.17, 15) is 0 Å².